The van der Waals surface area contributed by atoms with Gasteiger partial charge in [0.25, 0.3) is 0 Å². The number of carboxylic acids is 1. The summed E-state index contributed by atoms with van der Waals surface area (Å²) in [5.41, 5.74) is 1.41. The maximum atomic E-state index is 11.7. The Hall–Kier alpha value is -2.28. The molecule has 0 fully saturated rings. The van der Waals surface area contributed by atoms with Gasteiger partial charge in [-0.3, -0.25) is 0 Å². The molecular formula is C18H28N2O5. The fraction of sp³-hybridized carbons (Fsp3) is 0.556. The van der Waals surface area contributed by atoms with Crippen LogP contribution in [0.3, 0.4) is 0 Å². The van der Waals surface area contributed by atoms with Gasteiger partial charge in [-0.25, -0.2) is 9.59 Å². The lowest BCUT2D eigenvalue weighted by Gasteiger charge is -2.22. The first-order valence-corrected chi connectivity index (χ1v) is 8.15. The summed E-state index contributed by atoms with van der Waals surface area (Å²) in [6, 6.07) is 6.85. The zero-order valence-electron chi connectivity index (χ0n) is 15.5. The summed E-state index contributed by atoms with van der Waals surface area (Å²) in [6.45, 7) is 5.74. The van der Waals surface area contributed by atoms with Gasteiger partial charge in [-0.05, 0) is 38.5 Å². The molecule has 0 unspecified atom stereocenters. The van der Waals surface area contributed by atoms with Gasteiger partial charge in [-0.1, -0.05) is 12.1 Å². The molecule has 1 aromatic carbocycles. The number of carbonyl (C=O) groups is 2. The van der Waals surface area contributed by atoms with Crippen LogP contribution in [0.15, 0.2) is 24.3 Å². The number of hydrogen-bond acceptors (Lipinski definition) is 5. The van der Waals surface area contributed by atoms with Crippen LogP contribution in [0.4, 0.5) is 10.5 Å². The normalized spacial score (nSPS) is 12.4. The molecule has 0 aliphatic carbocycles. The van der Waals surface area contributed by atoms with Gasteiger partial charge in [-0.2, -0.15) is 0 Å². The molecule has 1 amide bonds. The van der Waals surface area contributed by atoms with Gasteiger partial charge in [0.15, 0.2) is 0 Å². The molecule has 0 radical (unpaired) electrons. The molecular weight excluding hydrogens is 324 g/mol. The lowest BCUT2D eigenvalue weighted by atomic mass is 10.2. The topological polar surface area (TPSA) is 88.1 Å². The summed E-state index contributed by atoms with van der Waals surface area (Å²) in [4.78, 5) is 24.9. The standard InChI is InChI=1S/C18H28N2O5/c1-18(2,3)25-17(23)19-15(16(21)22)10-11-24-12-13-6-8-14(9-7-13)20(4)5/h6-9,15H,10-12H2,1-5H3,(H,19,23)(H,21,22)/t15-/m0/s1. The second-order valence-corrected chi connectivity index (χ2v) is 6.94. The van der Waals surface area contributed by atoms with Crippen molar-refractivity contribution in [3.63, 3.8) is 0 Å². The summed E-state index contributed by atoms with van der Waals surface area (Å²) in [5.74, 6) is -1.12. The largest absolute Gasteiger partial charge is 0.480 e. The number of rotatable bonds is 8. The molecule has 0 saturated carbocycles. The lowest BCUT2D eigenvalue weighted by Crippen LogP contribution is -2.44. The number of hydrogen-bond donors (Lipinski definition) is 2. The Morgan fingerprint density at radius 2 is 1.80 bits per heavy atom. The number of carboxylic acid groups (broad SMARTS) is 1. The summed E-state index contributed by atoms with van der Waals surface area (Å²) >= 11 is 0. The number of anilines is 1. The van der Waals surface area contributed by atoms with Crippen LogP contribution in [-0.2, 0) is 20.9 Å². The number of benzene rings is 1. The molecule has 0 spiro atoms. The van der Waals surface area contributed by atoms with E-state index in [0.29, 0.717) is 6.61 Å². The Labute approximate surface area is 148 Å². The number of amides is 1. The van der Waals surface area contributed by atoms with Crippen LogP contribution in [-0.4, -0.2) is 49.5 Å². The molecule has 0 bridgehead atoms. The predicted octanol–water partition coefficient (Wildman–Crippen LogP) is 2.64. The smallest absolute Gasteiger partial charge is 0.408 e. The zero-order valence-corrected chi connectivity index (χ0v) is 15.5. The summed E-state index contributed by atoms with van der Waals surface area (Å²) in [7, 11) is 3.93. The maximum Gasteiger partial charge on any atom is 0.408 e. The van der Waals surface area contributed by atoms with Crippen molar-refractivity contribution in [1.29, 1.82) is 0 Å². The van der Waals surface area contributed by atoms with Crippen molar-refractivity contribution in [3.8, 4) is 0 Å². The van der Waals surface area contributed by atoms with E-state index >= 15 is 0 Å². The van der Waals surface area contributed by atoms with Crippen LogP contribution < -0.4 is 10.2 Å². The fourth-order valence-corrected chi connectivity index (χ4v) is 1.99. The number of ether oxygens (including phenoxy) is 2. The summed E-state index contributed by atoms with van der Waals surface area (Å²) in [5, 5.41) is 11.5. The van der Waals surface area contributed by atoms with Crippen molar-refractivity contribution in [3.05, 3.63) is 29.8 Å². The SMILES string of the molecule is CN(C)c1ccc(COCC[C@H](NC(=O)OC(C)(C)C)C(=O)O)cc1. The molecule has 1 rings (SSSR count). The number of nitrogens with zero attached hydrogens (tertiary/aromatic N) is 1. The molecule has 25 heavy (non-hydrogen) atoms. The van der Waals surface area contributed by atoms with E-state index in [4.69, 9.17) is 9.47 Å². The minimum atomic E-state index is -1.12. The van der Waals surface area contributed by atoms with E-state index < -0.39 is 23.7 Å². The fourth-order valence-electron chi connectivity index (χ4n) is 1.99. The van der Waals surface area contributed by atoms with Crippen LogP contribution >= 0.6 is 0 Å². The number of aliphatic carboxylic acids is 1. The average molecular weight is 352 g/mol. The van der Waals surface area contributed by atoms with E-state index in [0.717, 1.165) is 11.3 Å². The minimum absolute atomic E-state index is 0.157. The van der Waals surface area contributed by atoms with E-state index in [1.165, 1.54) is 0 Å². The lowest BCUT2D eigenvalue weighted by molar-refractivity contribution is -0.140. The van der Waals surface area contributed by atoms with Crippen molar-refractivity contribution in [2.75, 3.05) is 25.6 Å². The van der Waals surface area contributed by atoms with Crippen molar-refractivity contribution in [1.82, 2.24) is 5.32 Å². The second kappa shape index (κ2) is 9.27. The predicted molar refractivity (Wildman–Crippen MR) is 95.8 cm³/mol. The van der Waals surface area contributed by atoms with Crippen LogP contribution in [0, 0.1) is 0 Å². The number of alkyl carbamates (subject to hydrolysis) is 1. The van der Waals surface area contributed by atoms with E-state index in [2.05, 4.69) is 5.32 Å². The van der Waals surface area contributed by atoms with Gasteiger partial charge >= 0.3 is 12.1 Å². The van der Waals surface area contributed by atoms with Crippen LogP contribution in [0.5, 0.6) is 0 Å². The third-order valence-corrected chi connectivity index (χ3v) is 3.26. The van der Waals surface area contributed by atoms with E-state index in [1.54, 1.807) is 20.8 Å². The van der Waals surface area contributed by atoms with Crippen molar-refractivity contribution in [2.45, 2.75) is 45.4 Å². The number of nitrogens with one attached hydrogen (secondary N) is 1. The molecule has 140 valence electrons. The van der Waals surface area contributed by atoms with Crippen molar-refractivity contribution >= 4 is 17.7 Å². The highest BCUT2D eigenvalue weighted by atomic mass is 16.6. The molecule has 0 saturated heterocycles. The van der Waals surface area contributed by atoms with E-state index in [-0.39, 0.29) is 13.0 Å². The van der Waals surface area contributed by atoms with Gasteiger partial charge in [0, 0.05) is 32.8 Å². The number of carbonyl (C=O) groups excluding carboxylic acids is 1. The van der Waals surface area contributed by atoms with Gasteiger partial charge < -0.3 is 24.8 Å². The first-order valence-electron chi connectivity index (χ1n) is 8.15. The van der Waals surface area contributed by atoms with Crippen molar-refractivity contribution in [2.24, 2.45) is 0 Å². The highest BCUT2D eigenvalue weighted by molar-refractivity contribution is 5.79. The first kappa shape index (κ1) is 20.8. The Bertz CT molecular complexity index is 564. The zero-order chi connectivity index (χ0) is 19.0. The molecule has 0 aliphatic rings. The van der Waals surface area contributed by atoms with Gasteiger partial charge in [0.2, 0.25) is 0 Å². The van der Waals surface area contributed by atoms with E-state index in [1.807, 2.05) is 43.3 Å². The molecule has 1 aromatic rings. The molecule has 2 N–H and O–H groups in total. The van der Waals surface area contributed by atoms with Crippen LogP contribution in [0.2, 0.25) is 0 Å². The quantitative estimate of drug-likeness (QED) is 0.699. The molecule has 7 nitrogen and oxygen atoms in total. The summed E-state index contributed by atoms with van der Waals surface area (Å²) < 4.78 is 10.6. The molecule has 7 heteroatoms. The average Bonchev–Trinajstić information content (AvgIpc) is 2.48. The third kappa shape index (κ3) is 8.39. The highest BCUT2D eigenvalue weighted by Crippen LogP contribution is 2.13. The first-order chi connectivity index (χ1) is 11.6. The molecule has 0 aliphatic heterocycles. The van der Waals surface area contributed by atoms with Gasteiger partial charge in [0.1, 0.15) is 11.6 Å². The Kier molecular flexibility index (Phi) is 7.70. The van der Waals surface area contributed by atoms with E-state index in [9.17, 15) is 14.7 Å². The van der Waals surface area contributed by atoms with Gasteiger partial charge in [0.05, 0.1) is 6.61 Å². The maximum absolute atomic E-state index is 11.7. The van der Waals surface area contributed by atoms with Crippen LogP contribution in [0.1, 0.15) is 32.8 Å². The summed E-state index contributed by atoms with van der Waals surface area (Å²) in [6.07, 6.45) is -0.594. The third-order valence-electron chi connectivity index (χ3n) is 3.26. The Morgan fingerprint density at radius 3 is 2.28 bits per heavy atom. The monoisotopic (exact) mass is 352 g/mol. The van der Waals surface area contributed by atoms with Crippen LogP contribution in [0.25, 0.3) is 0 Å². The van der Waals surface area contributed by atoms with Crippen molar-refractivity contribution < 1.29 is 24.2 Å². The van der Waals surface area contributed by atoms with Gasteiger partial charge in [-0.15, -0.1) is 0 Å². The highest BCUT2D eigenvalue weighted by Gasteiger charge is 2.23. The molecule has 0 aromatic heterocycles. The Morgan fingerprint density at radius 1 is 1.20 bits per heavy atom. The molecule has 1 atom stereocenters. The molecule has 0 heterocycles. The minimum Gasteiger partial charge on any atom is -0.480 e. The Balaban J connectivity index is 2.40. The second-order valence-electron chi connectivity index (χ2n) is 6.94.